The molecule has 0 radical (unpaired) electrons. The van der Waals surface area contributed by atoms with Crippen molar-refractivity contribution in [1.82, 2.24) is 4.90 Å². The number of benzene rings is 1. The summed E-state index contributed by atoms with van der Waals surface area (Å²) in [6.07, 6.45) is 2.04. The first kappa shape index (κ1) is 16.1. The lowest BCUT2D eigenvalue weighted by atomic mass is 9.94. The van der Waals surface area contributed by atoms with E-state index in [1.165, 1.54) is 0 Å². The topological polar surface area (TPSA) is 57.6 Å². The number of carboxylic acid groups (broad SMARTS) is 1. The Morgan fingerprint density at radius 2 is 2.10 bits per heavy atom. The maximum absolute atomic E-state index is 12.3. The molecule has 1 aliphatic rings. The Morgan fingerprint density at radius 3 is 2.76 bits per heavy atom. The fourth-order valence-corrected chi connectivity index (χ4v) is 3.12. The van der Waals surface area contributed by atoms with Crippen molar-refractivity contribution in [3.63, 3.8) is 0 Å². The highest BCUT2D eigenvalue weighted by atomic mass is 35.5. The Bertz CT molecular complexity index is 548. The van der Waals surface area contributed by atoms with Crippen LogP contribution in [0, 0.1) is 5.92 Å². The Labute approximate surface area is 133 Å². The van der Waals surface area contributed by atoms with Gasteiger partial charge in [-0.3, -0.25) is 9.59 Å². The van der Waals surface area contributed by atoms with Gasteiger partial charge >= 0.3 is 5.97 Å². The molecule has 0 saturated carbocycles. The molecular formula is C15H17Cl2NO3. The summed E-state index contributed by atoms with van der Waals surface area (Å²) in [4.78, 5) is 24.8. The van der Waals surface area contributed by atoms with Gasteiger partial charge in [0.2, 0.25) is 5.91 Å². The molecule has 1 atom stereocenters. The molecule has 21 heavy (non-hydrogen) atoms. The lowest BCUT2D eigenvalue weighted by Gasteiger charge is -2.32. The summed E-state index contributed by atoms with van der Waals surface area (Å²) in [5.41, 5.74) is 0.742. The molecule has 0 aliphatic carbocycles. The lowest BCUT2D eigenvalue weighted by Crippen LogP contribution is -2.41. The number of piperidine rings is 1. The van der Waals surface area contributed by atoms with Crippen molar-refractivity contribution in [2.75, 3.05) is 13.1 Å². The Morgan fingerprint density at radius 1 is 1.33 bits per heavy atom. The molecular weight excluding hydrogens is 313 g/mol. The van der Waals surface area contributed by atoms with Gasteiger partial charge in [0.05, 0.1) is 6.42 Å². The van der Waals surface area contributed by atoms with E-state index in [9.17, 15) is 9.59 Å². The van der Waals surface area contributed by atoms with E-state index in [0.717, 1.165) is 18.4 Å². The molecule has 4 nitrogen and oxygen atoms in total. The van der Waals surface area contributed by atoms with Crippen molar-refractivity contribution >= 4 is 35.1 Å². The number of hydrogen-bond acceptors (Lipinski definition) is 2. The lowest BCUT2D eigenvalue weighted by molar-refractivity contribution is -0.140. The molecule has 1 heterocycles. The van der Waals surface area contributed by atoms with Crippen LogP contribution in [0.4, 0.5) is 0 Å². The van der Waals surface area contributed by atoms with E-state index >= 15 is 0 Å². The third-order valence-corrected chi connectivity index (χ3v) is 4.28. The van der Waals surface area contributed by atoms with Crippen molar-refractivity contribution in [2.45, 2.75) is 25.7 Å². The molecule has 1 fully saturated rings. The average molecular weight is 330 g/mol. The van der Waals surface area contributed by atoms with Crippen molar-refractivity contribution in [3.05, 3.63) is 33.8 Å². The number of carbonyl (C=O) groups excluding carboxylic acids is 1. The van der Waals surface area contributed by atoms with E-state index in [1.54, 1.807) is 23.1 Å². The van der Waals surface area contributed by atoms with E-state index in [4.69, 9.17) is 28.3 Å². The second-order valence-electron chi connectivity index (χ2n) is 5.36. The first-order valence-corrected chi connectivity index (χ1v) is 7.65. The zero-order valence-electron chi connectivity index (χ0n) is 11.5. The number of likely N-dealkylation sites (tertiary alicyclic amines) is 1. The fraction of sp³-hybridized carbons (Fsp3) is 0.467. The first-order chi connectivity index (χ1) is 9.95. The van der Waals surface area contributed by atoms with Gasteiger partial charge in [-0.2, -0.15) is 0 Å². The van der Waals surface area contributed by atoms with Crippen LogP contribution in [0.3, 0.4) is 0 Å². The highest BCUT2D eigenvalue weighted by Crippen LogP contribution is 2.24. The molecule has 0 aromatic heterocycles. The second-order valence-corrected chi connectivity index (χ2v) is 6.20. The van der Waals surface area contributed by atoms with Crippen molar-refractivity contribution in [3.8, 4) is 0 Å². The van der Waals surface area contributed by atoms with Crippen molar-refractivity contribution < 1.29 is 14.7 Å². The fourth-order valence-electron chi connectivity index (χ4n) is 2.64. The van der Waals surface area contributed by atoms with Crippen molar-refractivity contribution in [2.24, 2.45) is 5.92 Å². The molecule has 2 rings (SSSR count). The van der Waals surface area contributed by atoms with E-state index in [2.05, 4.69) is 0 Å². The third-order valence-electron chi connectivity index (χ3n) is 3.69. The Hall–Kier alpha value is -1.26. The van der Waals surface area contributed by atoms with Gasteiger partial charge in [0.25, 0.3) is 0 Å². The van der Waals surface area contributed by atoms with Crippen LogP contribution in [-0.2, 0) is 16.0 Å². The van der Waals surface area contributed by atoms with E-state index < -0.39 is 5.97 Å². The predicted octanol–water partition coefficient (Wildman–Crippen LogP) is 3.25. The van der Waals surface area contributed by atoms with Crippen LogP contribution in [0.15, 0.2) is 18.2 Å². The van der Waals surface area contributed by atoms with Gasteiger partial charge in [0.15, 0.2) is 0 Å². The van der Waals surface area contributed by atoms with Gasteiger partial charge < -0.3 is 10.0 Å². The minimum atomic E-state index is -0.810. The molecule has 1 saturated heterocycles. The SMILES string of the molecule is O=C(O)CC1CCCN(C(=O)Cc2ccc(Cl)cc2Cl)C1. The van der Waals surface area contributed by atoms with Crippen LogP contribution in [0.2, 0.25) is 10.0 Å². The summed E-state index contributed by atoms with van der Waals surface area (Å²) in [5, 5.41) is 9.87. The molecule has 1 unspecified atom stereocenters. The van der Waals surface area contributed by atoms with Gasteiger partial charge in [-0.15, -0.1) is 0 Å². The number of carbonyl (C=O) groups is 2. The number of halogens is 2. The van der Waals surface area contributed by atoms with E-state index in [-0.39, 0.29) is 24.7 Å². The van der Waals surface area contributed by atoms with Crippen LogP contribution in [0.1, 0.15) is 24.8 Å². The molecule has 1 aliphatic heterocycles. The Kier molecular flexibility index (Phi) is 5.48. The summed E-state index contributed by atoms with van der Waals surface area (Å²) in [7, 11) is 0. The summed E-state index contributed by atoms with van der Waals surface area (Å²) in [6.45, 7) is 1.19. The molecule has 0 bridgehead atoms. The quantitative estimate of drug-likeness (QED) is 0.922. The molecule has 1 aromatic rings. The predicted molar refractivity (Wildman–Crippen MR) is 81.7 cm³/mol. The van der Waals surface area contributed by atoms with Crippen LogP contribution in [0.5, 0.6) is 0 Å². The zero-order valence-corrected chi connectivity index (χ0v) is 13.0. The molecule has 6 heteroatoms. The number of hydrogen-bond donors (Lipinski definition) is 1. The number of amides is 1. The molecule has 114 valence electrons. The minimum Gasteiger partial charge on any atom is -0.481 e. The highest BCUT2D eigenvalue weighted by molar-refractivity contribution is 6.35. The zero-order chi connectivity index (χ0) is 15.4. The number of aliphatic carboxylic acids is 1. The van der Waals surface area contributed by atoms with Gasteiger partial charge in [0.1, 0.15) is 0 Å². The first-order valence-electron chi connectivity index (χ1n) is 6.89. The summed E-state index contributed by atoms with van der Waals surface area (Å²) < 4.78 is 0. The Balaban J connectivity index is 1.97. The molecule has 1 N–H and O–H groups in total. The smallest absolute Gasteiger partial charge is 0.303 e. The molecule has 1 amide bonds. The van der Waals surface area contributed by atoms with Gasteiger partial charge in [0, 0.05) is 29.6 Å². The van der Waals surface area contributed by atoms with Gasteiger partial charge in [-0.1, -0.05) is 29.3 Å². The van der Waals surface area contributed by atoms with Crippen molar-refractivity contribution in [1.29, 1.82) is 0 Å². The molecule has 1 aromatic carbocycles. The monoisotopic (exact) mass is 329 g/mol. The van der Waals surface area contributed by atoms with Gasteiger partial charge in [-0.05, 0) is 36.5 Å². The summed E-state index contributed by atoms with van der Waals surface area (Å²) in [6, 6.07) is 5.08. The average Bonchev–Trinajstić information content (AvgIpc) is 2.41. The van der Waals surface area contributed by atoms with Gasteiger partial charge in [-0.25, -0.2) is 0 Å². The van der Waals surface area contributed by atoms with Crippen LogP contribution in [-0.4, -0.2) is 35.0 Å². The highest BCUT2D eigenvalue weighted by Gasteiger charge is 2.25. The van der Waals surface area contributed by atoms with E-state index in [1.807, 2.05) is 0 Å². The largest absolute Gasteiger partial charge is 0.481 e. The van der Waals surface area contributed by atoms with Crippen LogP contribution in [0.25, 0.3) is 0 Å². The molecule has 0 spiro atoms. The number of rotatable bonds is 4. The second kappa shape index (κ2) is 7.14. The third kappa shape index (κ3) is 4.61. The number of carboxylic acids is 1. The summed E-state index contributed by atoms with van der Waals surface area (Å²) >= 11 is 11.9. The minimum absolute atomic E-state index is 0.0192. The maximum atomic E-state index is 12.3. The maximum Gasteiger partial charge on any atom is 0.303 e. The van der Waals surface area contributed by atoms with E-state index in [0.29, 0.717) is 23.1 Å². The number of nitrogens with zero attached hydrogens (tertiary/aromatic N) is 1. The standard InChI is InChI=1S/C15H17Cl2NO3/c16-12-4-3-11(13(17)8-12)7-14(19)18-5-1-2-10(9-18)6-15(20)21/h3-4,8,10H,1-2,5-7,9H2,(H,20,21). The normalized spacial score (nSPS) is 18.6. The summed E-state index contributed by atoms with van der Waals surface area (Å²) in [5.74, 6) is -0.787. The van der Waals surface area contributed by atoms with Crippen LogP contribution < -0.4 is 0 Å². The van der Waals surface area contributed by atoms with Crippen LogP contribution >= 0.6 is 23.2 Å².